The molecule has 0 spiro atoms. The van der Waals surface area contributed by atoms with Crippen molar-refractivity contribution >= 4 is 5.91 Å². The van der Waals surface area contributed by atoms with E-state index in [1.54, 1.807) is 7.11 Å². The zero-order valence-electron chi connectivity index (χ0n) is 13.5. The molecule has 0 saturated carbocycles. The third-order valence-electron chi connectivity index (χ3n) is 4.20. The van der Waals surface area contributed by atoms with Gasteiger partial charge in [0.05, 0.1) is 13.7 Å². The van der Waals surface area contributed by atoms with Crippen LogP contribution in [0.1, 0.15) is 50.4 Å². The summed E-state index contributed by atoms with van der Waals surface area (Å²) in [6, 6.07) is 6.39. The summed E-state index contributed by atoms with van der Waals surface area (Å²) in [5.41, 5.74) is 2.22. The topological polar surface area (TPSA) is 41.6 Å². The largest absolute Gasteiger partial charge is 0.496 e. The fraction of sp³-hybridized carbons (Fsp3) is 0.588. The van der Waals surface area contributed by atoms with Crippen LogP contribution >= 0.6 is 0 Å². The molecule has 0 bridgehead atoms. The fourth-order valence-electron chi connectivity index (χ4n) is 3.01. The molecule has 1 saturated heterocycles. The highest BCUT2D eigenvalue weighted by molar-refractivity contribution is 5.81. The van der Waals surface area contributed by atoms with E-state index in [1.165, 1.54) is 0 Å². The highest BCUT2D eigenvalue weighted by Crippen LogP contribution is 2.29. The Kier molecular flexibility index (Phi) is 5.23. The summed E-state index contributed by atoms with van der Waals surface area (Å²) in [5.74, 6) is 1.07. The van der Waals surface area contributed by atoms with Crippen molar-refractivity contribution < 1.29 is 9.53 Å². The fourth-order valence-corrected chi connectivity index (χ4v) is 3.01. The number of aryl methyl sites for hydroxylation is 1. The summed E-state index contributed by atoms with van der Waals surface area (Å²) in [4.78, 5) is 14.2. The molecule has 1 aromatic carbocycles. The van der Waals surface area contributed by atoms with E-state index in [0.29, 0.717) is 6.54 Å². The van der Waals surface area contributed by atoms with E-state index in [0.717, 1.165) is 36.1 Å². The van der Waals surface area contributed by atoms with Gasteiger partial charge in [-0.1, -0.05) is 25.8 Å². The van der Waals surface area contributed by atoms with Crippen molar-refractivity contribution in [3.8, 4) is 5.75 Å². The lowest BCUT2D eigenvalue weighted by molar-refractivity contribution is -0.130. The summed E-state index contributed by atoms with van der Waals surface area (Å²) < 4.78 is 5.31. The van der Waals surface area contributed by atoms with E-state index in [9.17, 15) is 4.79 Å². The molecule has 21 heavy (non-hydrogen) atoms. The summed E-state index contributed by atoms with van der Waals surface area (Å²) in [6.07, 6.45) is 3.34. The van der Waals surface area contributed by atoms with Gasteiger partial charge < -0.3 is 9.64 Å². The number of hydrogen-bond donors (Lipinski definition) is 1. The number of rotatable bonds is 6. The molecule has 1 N–H and O–H groups in total. The number of unbranched alkanes of at least 4 members (excludes halogenated alkanes) is 1. The van der Waals surface area contributed by atoms with Gasteiger partial charge in [-0.2, -0.15) is 0 Å². The lowest BCUT2D eigenvalue weighted by atomic mass is 10.1. The molecule has 2 atom stereocenters. The van der Waals surface area contributed by atoms with Crippen LogP contribution in [0.5, 0.6) is 5.75 Å². The molecule has 2 unspecified atom stereocenters. The van der Waals surface area contributed by atoms with Crippen molar-refractivity contribution in [1.82, 2.24) is 10.2 Å². The Labute approximate surface area is 127 Å². The van der Waals surface area contributed by atoms with Gasteiger partial charge in [0.25, 0.3) is 0 Å². The van der Waals surface area contributed by atoms with Crippen LogP contribution < -0.4 is 10.1 Å². The van der Waals surface area contributed by atoms with Gasteiger partial charge in [-0.25, -0.2) is 0 Å². The standard InChI is InChI=1S/C17H26N2O2/c1-5-6-7-13(3)19-16(20)11-18-17(19)14-8-9-15(21-4)12(2)10-14/h8-10,13,17-18H,5-7,11H2,1-4H3. The number of ether oxygens (including phenoxy) is 1. The molecule has 1 aliphatic heterocycles. The molecule has 4 nitrogen and oxygen atoms in total. The van der Waals surface area contributed by atoms with E-state index < -0.39 is 0 Å². The van der Waals surface area contributed by atoms with Crippen molar-refractivity contribution in [2.45, 2.75) is 52.2 Å². The van der Waals surface area contributed by atoms with E-state index in [1.807, 2.05) is 24.0 Å². The van der Waals surface area contributed by atoms with Crippen LogP contribution in [0, 0.1) is 6.92 Å². The van der Waals surface area contributed by atoms with Crippen LogP contribution in [0.15, 0.2) is 18.2 Å². The van der Waals surface area contributed by atoms with Crippen LogP contribution in [0.4, 0.5) is 0 Å². The average molecular weight is 290 g/mol. The minimum atomic E-state index is -0.0195. The second kappa shape index (κ2) is 6.94. The third kappa shape index (κ3) is 3.38. The SMILES string of the molecule is CCCCC(C)N1C(=O)CNC1c1ccc(OC)c(C)c1. The van der Waals surface area contributed by atoms with Crippen LogP contribution in [-0.4, -0.2) is 30.5 Å². The van der Waals surface area contributed by atoms with Gasteiger partial charge in [-0.05, 0) is 43.5 Å². The first-order valence-corrected chi connectivity index (χ1v) is 7.77. The van der Waals surface area contributed by atoms with Crippen molar-refractivity contribution in [1.29, 1.82) is 0 Å². The Balaban J connectivity index is 2.20. The Hall–Kier alpha value is -1.55. The number of methoxy groups -OCH3 is 1. The number of amides is 1. The average Bonchev–Trinajstić information content (AvgIpc) is 2.86. The van der Waals surface area contributed by atoms with Crippen molar-refractivity contribution in [3.05, 3.63) is 29.3 Å². The maximum Gasteiger partial charge on any atom is 0.238 e. The first kappa shape index (κ1) is 15.8. The minimum Gasteiger partial charge on any atom is -0.496 e. The summed E-state index contributed by atoms with van der Waals surface area (Å²) in [5, 5.41) is 3.33. The van der Waals surface area contributed by atoms with E-state index in [-0.39, 0.29) is 18.1 Å². The van der Waals surface area contributed by atoms with Crippen molar-refractivity contribution in [2.24, 2.45) is 0 Å². The summed E-state index contributed by atoms with van der Waals surface area (Å²) in [6.45, 7) is 6.78. The zero-order chi connectivity index (χ0) is 15.4. The predicted octanol–water partition coefficient (Wildman–Crippen LogP) is 3.01. The second-order valence-electron chi connectivity index (χ2n) is 5.80. The van der Waals surface area contributed by atoms with Crippen LogP contribution in [0.25, 0.3) is 0 Å². The van der Waals surface area contributed by atoms with Gasteiger partial charge in [-0.15, -0.1) is 0 Å². The molecule has 1 aromatic rings. The van der Waals surface area contributed by atoms with Gasteiger partial charge in [0.15, 0.2) is 0 Å². The molecule has 1 amide bonds. The van der Waals surface area contributed by atoms with Gasteiger partial charge in [0, 0.05) is 6.04 Å². The van der Waals surface area contributed by atoms with Gasteiger partial charge >= 0.3 is 0 Å². The maximum absolute atomic E-state index is 12.2. The van der Waals surface area contributed by atoms with Crippen molar-refractivity contribution in [2.75, 3.05) is 13.7 Å². The first-order valence-electron chi connectivity index (χ1n) is 7.77. The Morgan fingerprint density at radius 3 is 2.86 bits per heavy atom. The van der Waals surface area contributed by atoms with E-state index in [4.69, 9.17) is 4.74 Å². The molecule has 1 aliphatic rings. The molecule has 0 aliphatic carbocycles. The second-order valence-corrected chi connectivity index (χ2v) is 5.80. The van der Waals surface area contributed by atoms with Crippen LogP contribution in [-0.2, 0) is 4.79 Å². The number of carbonyl (C=O) groups excluding carboxylic acids is 1. The van der Waals surface area contributed by atoms with E-state index in [2.05, 4.69) is 25.2 Å². The molecule has 4 heteroatoms. The maximum atomic E-state index is 12.2. The quantitative estimate of drug-likeness (QED) is 0.875. The minimum absolute atomic E-state index is 0.0195. The number of carbonyl (C=O) groups is 1. The highest BCUT2D eigenvalue weighted by atomic mass is 16.5. The summed E-state index contributed by atoms with van der Waals surface area (Å²) >= 11 is 0. The van der Waals surface area contributed by atoms with Gasteiger partial charge in [-0.3, -0.25) is 10.1 Å². The molecule has 2 rings (SSSR count). The predicted molar refractivity (Wildman–Crippen MR) is 84.3 cm³/mol. The number of nitrogens with zero attached hydrogens (tertiary/aromatic N) is 1. The molecular formula is C17H26N2O2. The number of hydrogen-bond acceptors (Lipinski definition) is 3. The first-order chi connectivity index (χ1) is 10.1. The molecule has 1 heterocycles. The third-order valence-corrected chi connectivity index (χ3v) is 4.20. The highest BCUT2D eigenvalue weighted by Gasteiger charge is 2.34. The summed E-state index contributed by atoms with van der Waals surface area (Å²) in [7, 11) is 1.68. The number of benzene rings is 1. The molecular weight excluding hydrogens is 264 g/mol. The molecule has 1 fully saturated rings. The van der Waals surface area contributed by atoms with Crippen LogP contribution in [0.3, 0.4) is 0 Å². The Morgan fingerprint density at radius 1 is 1.48 bits per heavy atom. The van der Waals surface area contributed by atoms with Gasteiger partial charge in [0.2, 0.25) is 5.91 Å². The molecule has 116 valence electrons. The van der Waals surface area contributed by atoms with Gasteiger partial charge in [0.1, 0.15) is 11.9 Å². The zero-order valence-corrected chi connectivity index (χ0v) is 13.5. The monoisotopic (exact) mass is 290 g/mol. The lowest BCUT2D eigenvalue weighted by Crippen LogP contribution is -2.37. The van der Waals surface area contributed by atoms with Crippen LogP contribution in [0.2, 0.25) is 0 Å². The normalized spacial score (nSPS) is 19.9. The Bertz CT molecular complexity index is 502. The lowest BCUT2D eigenvalue weighted by Gasteiger charge is -2.31. The Morgan fingerprint density at radius 2 is 2.24 bits per heavy atom. The molecule has 0 aromatic heterocycles. The molecule has 0 radical (unpaired) electrons. The van der Waals surface area contributed by atoms with E-state index >= 15 is 0 Å². The number of nitrogens with one attached hydrogen (secondary N) is 1. The smallest absolute Gasteiger partial charge is 0.238 e. The van der Waals surface area contributed by atoms with Crippen molar-refractivity contribution in [3.63, 3.8) is 0 Å².